The molecular formula is C31H56N3O3+. The maximum atomic E-state index is 12.4. The Balaban J connectivity index is 2.39. The van der Waals surface area contributed by atoms with Gasteiger partial charge in [0.05, 0.1) is 33.7 Å². The van der Waals surface area contributed by atoms with E-state index in [2.05, 4.69) is 26.3 Å². The van der Waals surface area contributed by atoms with Crippen molar-refractivity contribution < 1.29 is 18.8 Å². The van der Waals surface area contributed by atoms with Gasteiger partial charge in [-0.2, -0.15) is 0 Å². The molecule has 0 aliphatic rings. The number of rotatable bonds is 18. The SMILES string of the molecule is CCCCCCCCCCCCC[N+](C)(C)CCN(Cc1cccc(NC(=O)OC(C)(C)C)c1)C(C)=O. The highest BCUT2D eigenvalue weighted by atomic mass is 16.6. The minimum absolute atomic E-state index is 0.0696. The Labute approximate surface area is 227 Å². The Morgan fingerprint density at radius 3 is 2.00 bits per heavy atom. The first-order valence-corrected chi connectivity index (χ1v) is 14.6. The molecule has 6 heteroatoms. The third-order valence-electron chi connectivity index (χ3n) is 6.73. The second-order valence-corrected chi connectivity index (χ2v) is 12.2. The molecular weight excluding hydrogens is 462 g/mol. The molecule has 1 aromatic carbocycles. The highest BCUT2D eigenvalue weighted by molar-refractivity contribution is 5.85. The smallest absolute Gasteiger partial charge is 0.412 e. The molecule has 1 N–H and O–H groups in total. The highest BCUT2D eigenvalue weighted by Crippen LogP contribution is 2.16. The number of anilines is 1. The summed E-state index contributed by atoms with van der Waals surface area (Å²) < 4.78 is 6.26. The predicted octanol–water partition coefficient (Wildman–Crippen LogP) is 7.77. The lowest BCUT2D eigenvalue weighted by molar-refractivity contribution is -0.890. The van der Waals surface area contributed by atoms with Gasteiger partial charge < -0.3 is 14.1 Å². The molecule has 0 saturated heterocycles. The number of quaternary nitrogens is 1. The molecule has 0 aliphatic carbocycles. The van der Waals surface area contributed by atoms with Crippen molar-refractivity contribution in [1.29, 1.82) is 0 Å². The summed E-state index contributed by atoms with van der Waals surface area (Å²) in [4.78, 5) is 26.4. The molecule has 1 rings (SSSR count). The van der Waals surface area contributed by atoms with Gasteiger partial charge in [-0.25, -0.2) is 4.79 Å². The van der Waals surface area contributed by atoms with Crippen molar-refractivity contribution >= 4 is 17.7 Å². The Morgan fingerprint density at radius 1 is 0.892 bits per heavy atom. The van der Waals surface area contributed by atoms with Crippen LogP contribution in [0.4, 0.5) is 10.5 Å². The molecule has 2 amide bonds. The number of amides is 2. The molecule has 1 aromatic rings. The summed E-state index contributed by atoms with van der Waals surface area (Å²) in [5, 5.41) is 2.78. The van der Waals surface area contributed by atoms with Crippen LogP contribution in [0.2, 0.25) is 0 Å². The monoisotopic (exact) mass is 518 g/mol. The fraction of sp³-hybridized carbons (Fsp3) is 0.742. The summed E-state index contributed by atoms with van der Waals surface area (Å²) in [6.07, 6.45) is 14.5. The number of benzene rings is 1. The zero-order valence-corrected chi connectivity index (χ0v) is 25.0. The molecule has 0 saturated carbocycles. The van der Waals surface area contributed by atoms with E-state index < -0.39 is 11.7 Å². The van der Waals surface area contributed by atoms with E-state index >= 15 is 0 Å². The zero-order valence-electron chi connectivity index (χ0n) is 25.0. The second-order valence-electron chi connectivity index (χ2n) is 12.2. The fourth-order valence-electron chi connectivity index (χ4n) is 4.44. The van der Waals surface area contributed by atoms with Crippen LogP contribution in [-0.4, -0.2) is 60.7 Å². The number of nitrogens with one attached hydrogen (secondary N) is 1. The van der Waals surface area contributed by atoms with E-state index in [4.69, 9.17) is 4.74 Å². The summed E-state index contributed by atoms with van der Waals surface area (Å²) >= 11 is 0. The van der Waals surface area contributed by atoms with Gasteiger partial charge in [0.25, 0.3) is 0 Å². The standard InChI is InChI=1S/C31H55N3O3/c1-8-9-10-11-12-13-14-15-16-17-18-23-34(6,7)24-22-33(27(2)35)26-28-20-19-21-29(25-28)32-30(36)37-31(3,4)5/h19-21,25H,8-18,22-24,26H2,1-7H3/p+1. The molecule has 6 nitrogen and oxygen atoms in total. The lowest BCUT2D eigenvalue weighted by Crippen LogP contribution is -2.46. The molecule has 37 heavy (non-hydrogen) atoms. The summed E-state index contributed by atoms with van der Waals surface area (Å²) in [7, 11) is 4.53. The molecule has 0 bridgehead atoms. The van der Waals surface area contributed by atoms with Gasteiger partial charge in [0, 0.05) is 19.2 Å². The van der Waals surface area contributed by atoms with Gasteiger partial charge in [0.15, 0.2) is 0 Å². The van der Waals surface area contributed by atoms with Crippen LogP contribution in [0.3, 0.4) is 0 Å². The number of unbranched alkanes of at least 4 members (excludes halogenated alkanes) is 10. The van der Waals surface area contributed by atoms with Crippen molar-refractivity contribution in [3.8, 4) is 0 Å². The molecule has 0 unspecified atom stereocenters. The first-order valence-electron chi connectivity index (χ1n) is 14.6. The quantitative estimate of drug-likeness (QED) is 0.159. The zero-order chi connectivity index (χ0) is 27.7. The summed E-state index contributed by atoms with van der Waals surface area (Å²) in [6, 6.07) is 7.62. The van der Waals surface area contributed by atoms with Crippen molar-refractivity contribution in [2.24, 2.45) is 0 Å². The summed E-state index contributed by atoms with van der Waals surface area (Å²) in [6.45, 7) is 12.7. The number of carbonyl (C=O) groups is 2. The number of hydrogen-bond donors (Lipinski definition) is 1. The lowest BCUT2D eigenvalue weighted by atomic mass is 10.1. The molecule has 0 spiro atoms. The molecule has 0 heterocycles. The minimum atomic E-state index is -0.550. The van der Waals surface area contributed by atoms with Gasteiger partial charge in [-0.15, -0.1) is 0 Å². The van der Waals surface area contributed by atoms with Crippen molar-refractivity contribution in [1.82, 2.24) is 4.90 Å². The summed E-state index contributed by atoms with van der Waals surface area (Å²) in [5.74, 6) is 0.0696. The first-order chi connectivity index (χ1) is 17.4. The van der Waals surface area contributed by atoms with Crippen LogP contribution < -0.4 is 5.32 Å². The first kappa shape index (κ1) is 32.9. The average molecular weight is 519 g/mol. The molecule has 0 aliphatic heterocycles. The van der Waals surface area contributed by atoms with Crippen molar-refractivity contribution in [3.63, 3.8) is 0 Å². The number of carbonyl (C=O) groups excluding carboxylic acids is 2. The predicted molar refractivity (Wildman–Crippen MR) is 156 cm³/mol. The third-order valence-corrected chi connectivity index (χ3v) is 6.73. The average Bonchev–Trinajstić information content (AvgIpc) is 2.79. The van der Waals surface area contributed by atoms with Gasteiger partial charge in [-0.1, -0.05) is 76.8 Å². The lowest BCUT2D eigenvalue weighted by Gasteiger charge is -2.32. The van der Waals surface area contributed by atoms with E-state index in [-0.39, 0.29) is 5.91 Å². The van der Waals surface area contributed by atoms with E-state index in [0.29, 0.717) is 18.8 Å². The van der Waals surface area contributed by atoms with Crippen LogP contribution in [-0.2, 0) is 16.1 Å². The molecule has 212 valence electrons. The van der Waals surface area contributed by atoms with E-state index in [1.807, 2.05) is 49.9 Å². The van der Waals surface area contributed by atoms with Crippen molar-refractivity contribution in [2.75, 3.05) is 39.0 Å². The molecule has 0 radical (unpaired) electrons. The minimum Gasteiger partial charge on any atom is -0.444 e. The van der Waals surface area contributed by atoms with E-state index in [9.17, 15) is 9.59 Å². The van der Waals surface area contributed by atoms with Gasteiger partial charge in [0.2, 0.25) is 5.91 Å². The highest BCUT2D eigenvalue weighted by Gasteiger charge is 2.19. The number of ether oxygens (including phenoxy) is 1. The fourth-order valence-corrected chi connectivity index (χ4v) is 4.44. The van der Waals surface area contributed by atoms with E-state index in [0.717, 1.165) is 23.1 Å². The third kappa shape index (κ3) is 17.1. The number of nitrogens with zero attached hydrogens (tertiary/aromatic N) is 2. The van der Waals surface area contributed by atoms with Crippen molar-refractivity contribution in [3.05, 3.63) is 29.8 Å². The molecule has 0 fully saturated rings. The van der Waals surface area contributed by atoms with Gasteiger partial charge in [0.1, 0.15) is 5.60 Å². The Kier molecular flexibility index (Phi) is 15.5. The summed E-state index contributed by atoms with van der Waals surface area (Å²) in [5.41, 5.74) is 1.11. The maximum absolute atomic E-state index is 12.4. The Bertz CT molecular complexity index is 786. The van der Waals surface area contributed by atoms with Gasteiger partial charge in [-0.05, 0) is 51.3 Å². The van der Waals surface area contributed by atoms with Crippen LogP contribution >= 0.6 is 0 Å². The van der Waals surface area contributed by atoms with E-state index in [1.54, 1.807) is 6.92 Å². The second kappa shape index (κ2) is 17.4. The number of hydrogen-bond acceptors (Lipinski definition) is 3. The van der Waals surface area contributed by atoms with Gasteiger partial charge in [-0.3, -0.25) is 10.1 Å². The van der Waals surface area contributed by atoms with Crippen LogP contribution in [0.5, 0.6) is 0 Å². The Morgan fingerprint density at radius 2 is 1.46 bits per heavy atom. The van der Waals surface area contributed by atoms with Crippen LogP contribution in [0.15, 0.2) is 24.3 Å². The van der Waals surface area contributed by atoms with Crippen LogP contribution in [0.1, 0.15) is 111 Å². The number of likely N-dealkylation sites (N-methyl/N-ethyl adjacent to an activating group) is 1. The molecule has 0 atom stereocenters. The van der Waals surface area contributed by atoms with Crippen LogP contribution in [0, 0.1) is 0 Å². The Hall–Kier alpha value is -2.08. The molecule has 0 aromatic heterocycles. The van der Waals surface area contributed by atoms with Crippen molar-refractivity contribution in [2.45, 2.75) is 117 Å². The van der Waals surface area contributed by atoms with Crippen LogP contribution in [0.25, 0.3) is 0 Å². The van der Waals surface area contributed by atoms with Gasteiger partial charge >= 0.3 is 6.09 Å². The largest absolute Gasteiger partial charge is 0.444 e. The van der Waals surface area contributed by atoms with E-state index in [1.165, 1.54) is 70.6 Å². The maximum Gasteiger partial charge on any atom is 0.412 e. The normalized spacial score (nSPS) is 11.9. The topological polar surface area (TPSA) is 58.6 Å².